The van der Waals surface area contributed by atoms with Gasteiger partial charge >= 0.3 is 0 Å². The molecule has 10 heteroatoms. The first-order valence-corrected chi connectivity index (χ1v) is 13.0. The zero-order valence-electron chi connectivity index (χ0n) is 18.7. The molecule has 0 spiro atoms. The van der Waals surface area contributed by atoms with Crippen molar-refractivity contribution in [2.24, 2.45) is 0 Å². The Labute approximate surface area is 216 Å². The van der Waals surface area contributed by atoms with E-state index in [1.165, 1.54) is 11.3 Å². The summed E-state index contributed by atoms with van der Waals surface area (Å²) in [6, 6.07) is 11.1. The number of likely N-dealkylation sites (tertiary alicyclic amines) is 1. The molecule has 2 fully saturated rings. The van der Waals surface area contributed by atoms with E-state index in [0.717, 1.165) is 35.4 Å². The quantitative estimate of drug-likeness (QED) is 0.465. The smallest absolute Gasteiger partial charge is 0.236 e. The van der Waals surface area contributed by atoms with Gasteiger partial charge in [0, 0.05) is 24.2 Å². The number of ether oxygens (including phenoxy) is 2. The van der Waals surface area contributed by atoms with Crippen LogP contribution in [0.25, 0.3) is 0 Å². The second-order valence-electron chi connectivity index (χ2n) is 9.19. The van der Waals surface area contributed by atoms with Gasteiger partial charge in [0.05, 0.1) is 27.6 Å². The van der Waals surface area contributed by atoms with Gasteiger partial charge in [-0.05, 0) is 54.7 Å². The number of fused-ring (bicyclic) bond motifs is 1. The number of amides is 1. The number of anilines is 1. The van der Waals surface area contributed by atoms with Crippen molar-refractivity contribution in [3.8, 4) is 11.5 Å². The van der Waals surface area contributed by atoms with Crippen LogP contribution >= 0.6 is 34.5 Å². The van der Waals surface area contributed by atoms with Gasteiger partial charge in [0.15, 0.2) is 16.6 Å². The molecule has 0 unspecified atom stereocenters. The Balaban J connectivity index is 1.25. The molecule has 6 rings (SSSR count). The molecule has 7 nitrogen and oxygen atoms in total. The summed E-state index contributed by atoms with van der Waals surface area (Å²) < 4.78 is 10.9. The van der Waals surface area contributed by atoms with Gasteiger partial charge < -0.3 is 19.9 Å². The highest BCUT2D eigenvalue weighted by atomic mass is 35.5. The molecule has 0 bridgehead atoms. The molecule has 1 saturated carbocycles. The second kappa shape index (κ2) is 8.94. The Bertz CT molecular complexity index is 1300. The van der Waals surface area contributed by atoms with Crippen LogP contribution in [0.15, 0.2) is 42.6 Å². The maximum absolute atomic E-state index is 13.3. The minimum Gasteiger partial charge on any atom is -0.454 e. The number of carbonyl (C=O) groups excluding carboxylic acids is 1. The Kier molecular flexibility index (Phi) is 5.89. The lowest BCUT2D eigenvalue weighted by Gasteiger charge is -2.27. The standard InChI is InChI=1S/C25H23Cl2N3O4S/c26-17-3-1-14(9-18(17)27)22(30-8-5-16(31)12-30)21-11-28-24(35-21)29-23(32)25(6-7-25)15-2-4-19-20(10-15)34-13-33-19/h1-4,9-11,16,22,31H,5-8,12-13H2,(H,28,29,32)/t16-,22-/m1/s1. The number of nitrogens with zero attached hydrogens (tertiary/aromatic N) is 2. The van der Waals surface area contributed by atoms with Crippen LogP contribution in [0, 0.1) is 0 Å². The van der Waals surface area contributed by atoms with E-state index >= 15 is 0 Å². The molecule has 35 heavy (non-hydrogen) atoms. The Hall–Kier alpha value is -2.36. The van der Waals surface area contributed by atoms with Crippen LogP contribution in [-0.4, -0.2) is 46.9 Å². The molecule has 3 aromatic rings. The largest absolute Gasteiger partial charge is 0.454 e. The maximum Gasteiger partial charge on any atom is 0.236 e. The predicted octanol–water partition coefficient (Wildman–Crippen LogP) is 5.00. The molecule has 0 radical (unpaired) electrons. The molecular weight excluding hydrogens is 509 g/mol. The predicted molar refractivity (Wildman–Crippen MR) is 135 cm³/mol. The number of hydrogen-bond donors (Lipinski definition) is 2. The van der Waals surface area contributed by atoms with Gasteiger partial charge in [-0.15, -0.1) is 0 Å². The maximum atomic E-state index is 13.3. The molecule has 1 aromatic heterocycles. The summed E-state index contributed by atoms with van der Waals surface area (Å²) in [6.45, 7) is 1.50. The third-order valence-electron chi connectivity index (χ3n) is 6.94. The first kappa shape index (κ1) is 23.1. The summed E-state index contributed by atoms with van der Waals surface area (Å²) in [7, 11) is 0. The van der Waals surface area contributed by atoms with E-state index in [9.17, 15) is 9.90 Å². The highest BCUT2D eigenvalue weighted by Crippen LogP contribution is 2.51. The lowest BCUT2D eigenvalue weighted by atomic mass is 9.94. The minimum atomic E-state index is -0.574. The molecule has 1 amide bonds. The summed E-state index contributed by atoms with van der Waals surface area (Å²) in [6.07, 6.45) is 3.67. The number of halogens is 2. The van der Waals surface area contributed by atoms with E-state index in [1.807, 2.05) is 30.3 Å². The van der Waals surface area contributed by atoms with Gasteiger partial charge in [-0.3, -0.25) is 9.69 Å². The summed E-state index contributed by atoms with van der Waals surface area (Å²) in [5.41, 5.74) is 1.32. The molecule has 2 atom stereocenters. The van der Waals surface area contributed by atoms with Crippen LogP contribution in [-0.2, 0) is 10.2 Å². The highest BCUT2D eigenvalue weighted by Gasteiger charge is 2.52. The van der Waals surface area contributed by atoms with E-state index < -0.39 is 5.41 Å². The third-order valence-corrected chi connectivity index (χ3v) is 8.65. The van der Waals surface area contributed by atoms with E-state index in [4.69, 9.17) is 32.7 Å². The van der Waals surface area contributed by atoms with Crippen molar-refractivity contribution in [3.05, 3.63) is 68.6 Å². The van der Waals surface area contributed by atoms with Crippen molar-refractivity contribution in [1.82, 2.24) is 9.88 Å². The number of hydrogen-bond acceptors (Lipinski definition) is 7. The van der Waals surface area contributed by atoms with Crippen LogP contribution < -0.4 is 14.8 Å². The van der Waals surface area contributed by atoms with Gasteiger partial charge in [0.1, 0.15) is 0 Å². The van der Waals surface area contributed by atoms with Gasteiger partial charge in [-0.25, -0.2) is 4.98 Å². The van der Waals surface area contributed by atoms with Crippen LogP contribution in [0.5, 0.6) is 11.5 Å². The summed E-state index contributed by atoms with van der Waals surface area (Å²) in [5, 5.41) is 14.7. The first-order chi connectivity index (χ1) is 16.9. The number of benzene rings is 2. The van der Waals surface area contributed by atoms with Gasteiger partial charge in [-0.1, -0.05) is 46.7 Å². The van der Waals surface area contributed by atoms with Gasteiger partial charge in [0.2, 0.25) is 12.7 Å². The van der Waals surface area contributed by atoms with Gasteiger partial charge in [-0.2, -0.15) is 0 Å². The molecule has 3 aliphatic rings. The van der Waals surface area contributed by atoms with Crippen LogP contribution in [0.1, 0.15) is 41.3 Å². The fraction of sp³-hybridized carbons (Fsp3) is 0.360. The molecule has 3 heterocycles. The fourth-order valence-electron chi connectivity index (χ4n) is 4.89. The third kappa shape index (κ3) is 4.27. The lowest BCUT2D eigenvalue weighted by Crippen LogP contribution is -2.28. The van der Waals surface area contributed by atoms with E-state index in [-0.39, 0.29) is 24.8 Å². The summed E-state index contributed by atoms with van der Waals surface area (Å²) in [5.74, 6) is 1.31. The van der Waals surface area contributed by atoms with E-state index in [2.05, 4.69) is 15.2 Å². The summed E-state index contributed by atoms with van der Waals surface area (Å²) >= 11 is 13.9. The number of β-amino-alcohol motifs (C(OH)–C–C–N with tert-alkyl or cyclic N) is 1. The SMILES string of the molecule is O=C(Nc1ncc([C@@H](c2ccc(Cl)c(Cl)c2)N2CC[C@@H](O)C2)s1)C1(c2ccc3c(c2)OCO3)CC1. The number of aromatic nitrogens is 1. The molecule has 2 aliphatic heterocycles. The van der Waals surface area contributed by atoms with Crippen molar-refractivity contribution in [3.63, 3.8) is 0 Å². The molecule has 2 aromatic carbocycles. The average Bonchev–Trinajstić information content (AvgIpc) is 3.13. The average molecular weight is 532 g/mol. The lowest BCUT2D eigenvalue weighted by molar-refractivity contribution is -0.118. The molecule has 2 N–H and O–H groups in total. The normalized spacial score (nSPS) is 21.2. The Morgan fingerprint density at radius 2 is 2.00 bits per heavy atom. The number of rotatable bonds is 6. The van der Waals surface area contributed by atoms with Crippen molar-refractivity contribution in [2.45, 2.75) is 36.8 Å². The number of aliphatic hydroxyl groups excluding tert-OH is 1. The summed E-state index contributed by atoms with van der Waals surface area (Å²) in [4.78, 5) is 21.0. The Morgan fingerprint density at radius 3 is 2.74 bits per heavy atom. The van der Waals surface area contributed by atoms with Crippen molar-refractivity contribution in [2.75, 3.05) is 25.2 Å². The second-order valence-corrected chi connectivity index (χ2v) is 11.1. The van der Waals surface area contributed by atoms with Crippen LogP contribution in [0.2, 0.25) is 10.0 Å². The highest BCUT2D eigenvalue weighted by molar-refractivity contribution is 7.15. The minimum absolute atomic E-state index is 0.0695. The van der Waals surface area contributed by atoms with Crippen LogP contribution in [0.4, 0.5) is 5.13 Å². The molecule has 1 aliphatic carbocycles. The Morgan fingerprint density at radius 1 is 1.17 bits per heavy atom. The number of thiazole rings is 1. The zero-order chi connectivity index (χ0) is 24.2. The molecule has 182 valence electrons. The van der Waals surface area contributed by atoms with E-state index in [0.29, 0.717) is 39.6 Å². The fourth-order valence-corrected chi connectivity index (χ4v) is 6.17. The number of nitrogens with one attached hydrogen (secondary N) is 1. The van der Waals surface area contributed by atoms with E-state index in [1.54, 1.807) is 12.3 Å². The number of carbonyl (C=O) groups is 1. The zero-order valence-corrected chi connectivity index (χ0v) is 21.0. The van der Waals surface area contributed by atoms with Crippen molar-refractivity contribution in [1.29, 1.82) is 0 Å². The van der Waals surface area contributed by atoms with Crippen molar-refractivity contribution >= 4 is 45.6 Å². The number of aliphatic hydroxyl groups is 1. The van der Waals surface area contributed by atoms with Crippen molar-refractivity contribution < 1.29 is 19.4 Å². The van der Waals surface area contributed by atoms with Gasteiger partial charge in [0.25, 0.3) is 0 Å². The first-order valence-electron chi connectivity index (χ1n) is 11.5. The topological polar surface area (TPSA) is 83.9 Å². The molecule has 1 saturated heterocycles. The van der Waals surface area contributed by atoms with Crippen LogP contribution in [0.3, 0.4) is 0 Å². The molecular formula is C25H23Cl2N3O4S. The monoisotopic (exact) mass is 531 g/mol.